The Balaban J connectivity index is 2.15. The first-order valence-electron chi connectivity index (χ1n) is 5.16. The Kier molecular flexibility index (Phi) is 3.38. The van der Waals surface area contributed by atoms with Crippen molar-refractivity contribution in [2.75, 3.05) is 7.05 Å². The Bertz CT molecular complexity index is 608. The number of urea groups is 1. The molecule has 1 aromatic heterocycles. The van der Waals surface area contributed by atoms with Gasteiger partial charge in [-0.1, -0.05) is 11.6 Å². The molecule has 0 fully saturated rings. The minimum absolute atomic E-state index is 0.337. The quantitative estimate of drug-likeness (QED) is 0.588. The van der Waals surface area contributed by atoms with Crippen molar-refractivity contribution >= 4 is 34.4 Å². The van der Waals surface area contributed by atoms with Gasteiger partial charge in [-0.2, -0.15) is 0 Å². The van der Waals surface area contributed by atoms with Crippen molar-refractivity contribution in [2.24, 2.45) is 0 Å². The second-order valence-corrected chi connectivity index (χ2v) is 4.01. The molecule has 1 heterocycles. The Morgan fingerprint density at radius 2 is 2.00 bits per heavy atom. The topological polar surface area (TPSA) is 86.0 Å². The van der Waals surface area contributed by atoms with Gasteiger partial charge in [0, 0.05) is 23.0 Å². The minimum atomic E-state index is -0.498. The average molecular weight is 267 g/mol. The third-order valence-electron chi connectivity index (χ3n) is 2.34. The van der Waals surface area contributed by atoms with Gasteiger partial charge in [0.05, 0.1) is 0 Å². The molecule has 0 radical (unpaired) electrons. The van der Waals surface area contributed by atoms with Crippen LogP contribution in [0.5, 0.6) is 0 Å². The average Bonchev–Trinajstić information content (AvgIpc) is 2.78. The number of amides is 3. The maximum atomic E-state index is 11.7. The van der Waals surface area contributed by atoms with Crippen molar-refractivity contribution in [3.8, 4) is 0 Å². The lowest BCUT2D eigenvalue weighted by Crippen LogP contribution is -2.45. The zero-order valence-corrected chi connectivity index (χ0v) is 10.3. The smallest absolute Gasteiger partial charge is 0.333 e. The summed E-state index contributed by atoms with van der Waals surface area (Å²) in [7, 11) is 1.45. The first kappa shape index (κ1) is 12.3. The number of rotatable bonds is 1. The molecule has 2 rings (SSSR count). The number of carbonyl (C=O) groups excluding carboxylic acids is 2. The molecule has 7 heteroatoms. The number of aromatic amines is 1. The summed E-state index contributed by atoms with van der Waals surface area (Å²) in [5.41, 5.74) is 5.58. The Labute approximate surface area is 108 Å². The van der Waals surface area contributed by atoms with Crippen molar-refractivity contribution in [1.29, 1.82) is 0 Å². The standard InChI is InChI=1S/C11H11ClN4O2/c1-13-11(18)16-15-10(17)9-5-6-4-7(12)2-3-8(6)14-9/h2-5,14H,1H3,(H,15,17)(H2,13,16,18). The Morgan fingerprint density at radius 1 is 1.22 bits per heavy atom. The van der Waals surface area contributed by atoms with Gasteiger partial charge in [0.2, 0.25) is 0 Å². The number of aromatic nitrogens is 1. The number of halogens is 1. The molecule has 2 aromatic rings. The van der Waals surface area contributed by atoms with E-state index in [0.29, 0.717) is 10.7 Å². The number of hydrogen-bond donors (Lipinski definition) is 4. The van der Waals surface area contributed by atoms with Gasteiger partial charge in [0.15, 0.2) is 0 Å². The zero-order chi connectivity index (χ0) is 13.1. The van der Waals surface area contributed by atoms with E-state index in [1.807, 2.05) is 0 Å². The van der Waals surface area contributed by atoms with Gasteiger partial charge in [-0.15, -0.1) is 0 Å². The third-order valence-corrected chi connectivity index (χ3v) is 2.58. The molecule has 6 nitrogen and oxygen atoms in total. The van der Waals surface area contributed by atoms with E-state index in [4.69, 9.17) is 11.6 Å². The van der Waals surface area contributed by atoms with Crippen molar-refractivity contribution < 1.29 is 9.59 Å². The first-order chi connectivity index (χ1) is 8.60. The van der Waals surface area contributed by atoms with Crippen LogP contribution in [0.2, 0.25) is 5.02 Å². The normalized spacial score (nSPS) is 10.1. The molecule has 4 N–H and O–H groups in total. The van der Waals surface area contributed by atoms with Gasteiger partial charge in [0.1, 0.15) is 5.69 Å². The van der Waals surface area contributed by atoms with Crippen molar-refractivity contribution in [3.05, 3.63) is 35.0 Å². The van der Waals surface area contributed by atoms with Gasteiger partial charge in [-0.25, -0.2) is 10.2 Å². The molecule has 94 valence electrons. The maximum Gasteiger partial charge on any atom is 0.333 e. The fourth-order valence-electron chi connectivity index (χ4n) is 1.47. The third kappa shape index (κ3) is 2.54. The number of hydrogen-bond acceptors (Lipinski definition) is 2. The summed E-state index contributed by atoms with van der Waals surface area (Å²) < 4.78 is 0. The van der Waals surface area contributed by atoms with E-state index < -0.39 is 11.9 Å². The van der Waals surface area contributed by atoms with E-state index in [2.05, 4.69) is 21.2 Å². The number of benzene rings is 1. The summed E-state index contributed by atoms with van der Waals surface area (Å²) in [5.74, 6) is -0.439. The van der Waals surface area contributed by atoms with Crippen LogP contribution in [-0.4, -0.2) is 24.0 Å². The van der Waals surface area contributed by atoms with Gasteiger partial charge in [-0.05, 0) is 24.3 Å². The van der Waals surface area contributed by atoms with Crippen molar-refractivity contribution in [1.82, 2.24) is 21.2 Å². The summed E-state index contributed by atoms with van der Waals surface area (Å²) >= 11 is 5.85. The molecule has 0 spiro atoms. The molecule has 3 amide bonds. The van der Waals surface area contributed by atoms with Gasteiger partial charge < -0.3 is 10.3 Å². The van der Waals surface area contributed by atoms with Crippen LogP contribution < -0.4 is 16.2 Å². The van der Waals surface area contributed by atoms with Crippen LogP contribution >= 0.6 is 11.6 Å². The van der Waals surface area contributed by atoms with Crippen molar-refractivity contribution in [2.45, 2.75) is 0 Å². The summed E-state index contributed by atoms with van der Waals surface area (Å²) in [6, 6.07) is 6.41. The minimum Gasteiger partial charge on any atom is -0.350 e. The van der Waals surface area contributed by atoms with Crippen LogP contribution in [0.3, 0.4) is 0 Å². The van der Waals surface area contributed by atoms with E-state index in [1.54, 1.807) is 24.3 Å². The predicted molar refractivity (Wildman–Crippen MR) is 68.4 cm³/mol. The SMILES string of the molecule is CNC(=O)NNC(=O)c1cc2cc(Cl)ccc2[nH]1. The molecule has 0 saturated carbocycles. The molecule has 0 unspecified atom stereocenters. The van der Waals surface area contributed by atoms with Gasteiger partial charge >= 0.3 is 6.03 Å². The molecule has 18 heavy (non-hydrogen) atoms. The van der Waals surface area contributed by atoms with E-state index in [9.17, 15) is 9.59 Å². The van der Waals surface area contributed by atoms with Crippen LogP contribution in [0.4, 0.5) is 4.79 Å². The lowest BCUT2D eigenvalue weighted by Gasteiger charge is -2.04. The first-order valence-corrected chi connectivity index (χ1v) is 5.54. The lowest BCUT2D eigenvalue weighted by atomic mass is 10.2. The molecule has 1 aromatic carbocycles. The Morgan fingerprint density at radius 3 is 2.72 bits per heavy atom. The lowest BCUT2D eigenvalue weighted by molar-refractivity contribution is 0.0932. The number of H-pyrrole nitrogens is 1. The van der Waals surface area contributed by atoms with Gasteiger partial charge in [0.25, 0.3) is 5.91 Å². The predicted octanol–water partition coefficient (Wildman–Crippen LogP) is 1.40. The largest absolute Gasteiger partial charge is 0.350 e. The Hall–Kier alpha value is -2.21. The van der Waals surface area contributed by atoms with E-state index in [0.717, 1.165) is 10.9 Å². The highest BCUT2D eigenvalue weighted by Crippen LogP contribution is 2.19. The molecular weight excluding hydrogens is 256 g/mol. The molecule has 0 saturated heterocycles. The number of nitrogens with one attached hydrogen (secondary N) is 4. The van der Waals surface area contributed by atoms with Crippen LogP contribution in [0.25, 0.3) is 10.9 Å². The highest BCUT2D eigenvalue weighted by Gasteiger charge is 2.10. The van der Waals surface area contributed by atoms with Crippen LogP contribution in [0.1, 0.15) is 10.5 Å². The van der Waals surface area contributed by atoms with E-state index in [1.165, 1.54) is 7.05 Å². The number of hydrazine groups is 1. The monoisotopic (exact) mass is 266 g/mol. The van der Waals surface area contributed by atoms with Crippen LogP contribution in [0, 0.1) is 0 Å². The second kappa shape index (κ2) is 4.97. The molecule has 0 aliphatic heterocycles. The van der Waals surface area contributed by atoms with Crippen LogP contribution in [0.15, 0.2) is 24.3 Å². The number of fused-ring (bicyclic) bond motifs is 1. The second-order valence-electron chi connectivity index (χ2n) is 3.57. The summed E-state index contributed by atoms with van der Waals surface area (Å²) in [5, 5.41) is 3.73. The molecule has 0 aliphatic carbocycles. The highest BCUT2D eigenvalue weighted by molar-refractivity contribution is 6.31. The van der Waals surface area contributed by atoms with E-state index in [-0.39, 0.29) is 0 Å². The molecule has 0 aliphatic rings. The fraction of sp³-hybridized carbons (Fsp3) is 0.0909. The van der Waals surface area contributed by atoms with E-state index >= 15 is 0 Å². The van der Waals surface area contributed by atoms with Crippen LogP contribution in [-0.2, 0) is 0 Å². The highest BCUT2D eigenvalue weighted by atomic mass is 35.5. The molecular formula is C11H11ClN4O2. The summed E-state index contributed by atoms with van der Waals surface area (Å²) in [4.78, 5) is 25.5. The summed E-state index contributed by atoms with van der Waals surface area (Å²) in [6.45, 7) is 0. The molecule has 0 atom stereocenters. The molecule has 0 bridgehead atoms. The summed E-state index contributed by atoms with van der Waals surface area (Å²) in [6.07, 6.45) is 0. The van der Waals surface area contributed by atoms with Gasteiger partial charge in [-0.3, -0.25) is 10.2 Å². The number of carbonyl (C=O) groups is 2. The van der Waals surface area contributed by atoms with Crippen molar-refractivity contribution in [3.63, 3.8) is 0 Å². The fourth-order valence-corrected chi connectivity index (χ4v) is 1.65. The zero-order valence-electron chi connectivity index (χ0n) is 9.50. The maximum absolute atomic E-state index is 11.7.